The summed E-state index contributed by atoms with van der Waals surface area (Å²) in [6.45, 7) is 0. The quantitative estimate of drug-likeness (QED) is 0.869. The number of halogens is 2. The third kappa shape index (κ3) is 3.16. The largest absolute Gasteiger partial charge is 0.327 e. The molecule has 4 unspecified atom stereocenters. The minimum atomic E-state index is -0.0201. The summed E-state index contributed by atoms with van der Waals surface area (Å²) < 4.78 is 0. The number of carbonyl (C=O) groups excluding carboxylic acids is 1. The second kappa shape index (κ2) is 7.04. The minimum absolute atomic E-state index is 0. The van der Waals surface area contributed by atoms with E-state index in [0.717, 1.165) is 29.4 Å². The third-order valence-corrected chi connectivity index (χ3v) is 5.15. The van der Waals surface area contributed by atoms with E-state index >= 15 is 0 Å². The molecule has 1 aromatic heterocycles. The van der Waals surface area contributed by atoms with Gasteiger partial charge in [0.1, 0.15) is 0 Å². The molecule has 0 saturated heterocycles. The third-order valence-electron chi connectivity index (χ3n) is 5.15. The number of anilines is 1. The van der Waals surface area contributed by atoms with Gasteiger partial charge < -0.3 is 11.1 Å². The molecule has 3 N–H and O–H groups in total. The molecule has 0 radical (unpaired) electrons. The van der Waals surface area contributed by atoms with Crippen LogP contribution in [0.2, 0.25) is 0 Å². The van der Waals surface area contributed by atoms with E-state index in [1.165, 1.54) is 6.42 Å². The summed E-state index contributed by atoms with van der Waals surface area (Å²) in [5.74, 6) is 1.09. The van der Waals surface area contributed by atoms with Gasteiger partial charge in [-0.2, -0.15) is 0 Å². The van der Waals surface area contributed by atoms with E-state index in [9.17, 15) is 4.79 Å². The molecule has 0 spiro atoms. The standard InChI is InChI=1S/C17H19N3O.2ClH/c18-16-12-4-3-11(8-12)15(16)17(21)20-13-5-6-14-10(9-13)2-1-7-19-14;;/h1-2,5-7,9,11-12,15-16H,3-4,8,18H2,(H,20,21);2*1H. The van der Waals surface area contributed by atoms with Crippen molar-refractivity contribution < 1.29 is 4.79 Å². The van der Waals surface area contributed by atoms with Gasteiger partial charge >= 0.3 is 0 Å². The summed E-state index contributed by atoms with van der Waals surface area (Å²) in [6.07, 6.45) is 5.24. The number of pyridine rings is 1. The van der Waals surface area contributed by atoms with Gasteiger partial charge in [-0.15, -0.1) is 24.8 Å². The molecule has 4 rings (SSSR count). The van der Waals surface area contributed by atoms with Crippen LogP contribution in [0.1, 0.15) is 19.3 Å². The maximum absolute atomic E-state index is 12.5. The Labute approximate surface area is 148 Å². The summed E-state index contributed by atoms with van der Waals surface area (Å²) in [6, 6.07) is 9.75. The summed E-state index contributed by atoms with van der Waals surface area (Å²) in [4.78, 5) is 16.8. The van der Waals surface area contributed by atoms with Crippen LogP contribution < -0.4 is 11.1 Å². The lowest BCUT2D eigenvalue weighted by atomic mass is 9.84. The molecular formula is C17H21Cl2N3O. The summed E-state index contributed by atoms with van der Waals surface area (Å²) in [5, 5.41) is 4.08. The van der Waals surface area contributed by atoms with Gasteiger partial charge in [-0.1, -0.05) is 6.07 Å². The van der Waals surface area contributed by atoms with Gasteiger partial charge in [-0.25, -0.2) is 0 Å². The summed E-state index contributed by atoms with van der Waals surface area (Å²) in [7, 11) is 0. The van der Waals surface area contributed by atoms with E-state index in [0.29, 0.717) is 11.8 Å². The molecule has 0 aliphatic heterocycles. The number of fused-ring (bicyclic) bond motifs is 3. The number of carbonyl (C=O) groups is 1. The molecule has 2 bridgehead atoms. The van der Waals surface area contributed by atoms with Crippen molar-refractivity contribution in [2.45, 2.75) is 25.3 Å². The molecule has 2 aromatic rings. The van der Waals surface area contributed by atoms with Crippen LogP contribution in [0.5, 0.6) is 0 Å². The van der Waals surface area contributed by atoms with Gasteiger partial charge in [0.25, 0.3) is 0 Å². The number of amides is 1. The average Bonchev–Trinajstić information content (AvgIpc) is 3.08. The van der Waals surface area contributed by atoms with Crippen molar-refractivity contribution >= 4 is 47.3 Å². The van der Waals surface area contributed by atoms with Crippen molar-refractivity contribution in [2.75, 3.05) is 5.32 Å². The van der Waals surface area contributed by atoms with Crippen molar-refractivity contribution in [3.05, 3.63) is 36.5 Å². The molecule has 23 heavy (non-hydrogen) atoms. The van der Waals surface area contributed by atoms with Crippen molar-refractivity contribution in [3.8, 4) is 0 Å². The maximum Gasteiger partial charge on any atom is 0.229 e. The number of rotatable bonds is 2. The number of aromatic nitrogens is 1. The van der Waals surface area contributed by atoms with Crippen LogP contribution in [0.4, 0.5) is 5.69 Å². The molecule has 2 fully saturated rings. The lowest BCUT2D eigenvalue weighted by molar-refractivity contribution is -0.121. The average molecular weight is 354 g/mol. The Morgan fingerprint density at radius 1 is 1.17 bits per heavy atom. The Bertz CT molecular complexity index is 707. The monoisotopic (exact) mass is 353 g/mol. The predicted octanol–water partition coefficient (Wildman–Crippen LogP) is 3.39. The molecule has 1 amide bonds. The van der Waals surface area contributed by atoms with Crippen molar-refractivity contribution in [1.82, 2.24) is 4.98 Å². The Morgan fingerprint density at radius 3 is 2.70 bits per heavy atom. The van der Waals surface area contributed by atoms with Crippen LogP contribution in [0.3, 0.4) is 0 Å². The predicted molar refractivity (Wildman–Crippen MR) is 97.2 cm³/mol. The molecule has 4 atom stereocenters. The molecule has 1 aromatic carbocycles. The molecule has 2 aliphatic rings. The number of benzene rings is 1. The van der Waals surface area contributed by atoms with Crippen LogP contribution in [0, 0.1) is 17.8 Å². The Morgan fingerprint density at radius 2 is 1.96 bits per heavy atom. The maximum atomic E-state index is 12.5. The minimum Gasteiger partial charge on any atom is -0.327 e. The zero-order chi connectivity index (χ0) is 14.4. The van der Waals surface area contributed by atoms with E-state index in [-0.39, 0.29) is 42.7 Å². The topological polar surface area (TPSA) is 68.0 Å². The highest BCUT2D eigenvalue weighted by Crippen LogP contribution is 2.47. The van der Waals surface area contributed by atoms with E-state index in [2.05, 4.69) is 10.3 Å². The fourth-order valence-electron chi connectivity index (χ4n) is 4.10. The van der Waals surface area contributed by atoms with Crippen LogP contribution >= 0.6 is 24.8 Å². The fourth-order valence-corrected chi connectivity index (χ4v) is 4.10. The summed E-state index contributed by atoms with van der Waals surface area (Å²) >= 11 is 0. The van der Waals surface area contributed by atoms with Gasteiger partial charge in [0.15, 0.2) is 0 Å². The second-order valence-corrected chi connectivity index (χ2v) is 6.34. The first-order chi connectivity index (χ1) is 10.2. The normalized spacial score (nSPS) is 28.0. The first-order valence-electron chi connectivity index (χ1n) is 7.63. The molecule has 2 saturated carbocycles. The van der Waals surface area contributed by atoms with Crippen molar-refractivity contribution in [1.29, 1.82) is 0 Å². The first-order valence-corrected chi connectivity index (χ1v) is 7.63. The Hall–Kier alpha value is -1.36. The van der Waals surface area contributed by atoms with Crippen LogP contribution in [0.15, 0.2) is 36.5 Å². The number of nitrogens with two attached hydrogens (primary N) is 1. The molecule has 6 heteroatoms. The Kier molecular flexibility index (Phi) is 5.50. The van der Waals surface area contributed by atoms with E-state index in [4.69, 9.17) is 5.73 Å². The van der Waals surface area contributed by atoms with Crippen LogP contribution in [0.25, 0.3) is 10.9 Å². The number of nitrogens with zero attached hydrogens (tertiary/aromatic N) is 1. The number of hydrogen-bond acceptors (Lipinski definition) is 3. The molecule has 2 aliphatic carbocycles. The molecule has 1 heterocycles. The van der Waals surface area contributed by atoms with E-state index < -0.39 is 0 Å². The van der Waals surface area contributed by atoms with E-state index in [1.54, 1.807) is 6.20 Å². The first kappa shape index (κ1) is 18.0. The highest BCUT2D eigenvalue weighted by Gasteiger charge is 2.49. The highest BCUT2D eigenvalue weighted by molar-refractivity contribution is 5.95. The van der Waals surface area contributed by atoms with Crippen molar-refractivity contribution in [3.63, 3.8) is 0 Å². The molecule has 124 valence electrons. The molecule has 4 nitrogen and oxygen atoms in total. The van der Waals surface area contributed by atoms with Gasteiger partial charge in [0, 0.05) is 23.3 Å². The molecular weight excluding hydrogens is 333 g/mol. The fraction of sp³-hybridized carbons (Fsp3) is 0.412. The van der Waals surface area contributed by atoms with Crippen LogP contribution in [-0.4, -0.2) is 16.9 Å². The van der Waals surface area contributed by atoms with Gasteiger partial charge in [0.2, 0.25) is 5.91 Å². The Balaban J connectivity index is 0.000000960. The zero-order valence-electron chi connectivity index (χ0n) is 12.6. The zero-order valence-corrected chi connectivity index (χ0v) is 14.3. The number of nitrogens with one attached hydrogen (secondary N) is 1. The number of hydrogen-bond donors (Lipinski definition) is 2. The van der Waals surface area contributed by atoms with Gasteiger partial charge in [-0.3, -0.25) is 9.78 Å². The smallest absolute Gasteiger partial charge is 0.229 e. The summed E-state index contributed by atoms with van der Waals surface area (Å²) in [5.41, 5.74) is 8.00. The highest BCUT2D eigenvalue weighted by atomic mass is 35.5. The second-order valence-electron chi connectivity index (χ2n) is 6.34. The van der Waals surface area contributed by atoms with Crippen LogP contribution in [-0.2, 0) is 4.79 Å². The lowest BCUT2D eigenvalue weighted by Gasteiger charge is -2.27. The van der Waals surface area contributed by atoms with E-state index in [1.807, 2.05) is 30.3 Å². The SMILES string of the molecule is Cl.Cl.NC1C2CCC(C2)C1C(=O)Nc1ccc2ncccc2c1. The van der Waals surface area contributed by atoms with Gasteiger partial charge in [0.05, 0.1) is 11.4 Å². The lowest BCUT2D eigenvalue weighted by Crippen LogP contribution is -2.42. The van der Waals surface area contributed by atoms with Gasteiger partial charge in [-0.05, 0) is 55.4 Å². The van der Waals surface area contributed by atoms with Crippen molar-refractivity contribution in [2.24, 2.45) is 23.5 Å².